The van der Waals surface area contributed by atoms with Crippen molar-refractivity contribution >= 4 is 23.2 Å². The van der Waals surface area contributed by atoms with E-state index in [1.54, 1.807) is 13.2 Å². The Morgan fingerprint density at radius 3 is 2.67 bits per heavy atom. The Morgan fingerprint density at radius 1 is 1.39 bits per heavy atom. The second-order valence-corrected chi connectivity index (χ2v) is 4.88. The molecule has 1 unspecified atom stereocenters. The summed E-state index contributed by atoms with van der Waals surface area (Å²) in [6, 6.07) is 5.55. The maximum atomic E-state index is 6.23. The van der Waals surface area contributed by atoms with Gasteiger partial charge in [-0.3, -0.25) is 4.90 Å². The van der Waals surface area contributed by atoms with Gasteiger partial charge in [-0.1, -0.05) is 30.1 Å². The van der Waals surface area contributed by atoms with E-state index in [-0.39, 0.29) is 6.04 Å². The Bertz CT molecular complexity index is 374. The van der Waals surface area contributed by atoms with Gasteiger partial charge in [0.25, 0.3) is 0 Å². The normalized spacial score (nSPS) is 13.0. The van der Waals surface area contributed by atoms with Crippen LogP contribution >= 0.6 is 23.2 Å². The summed E-state index contributed by atoms with van der Waals surface area (Å²) in [5.74, 6) is 0. The van der Waals surface area contributed by atoms with Crippen LogP contribution in [0.1, 0.15) is 18.5 Å². The second kappa shape index (κ2) is 7.97. The second-order valence-electron chi connectivity index (χ2n) is 4.04. The molecule has 0 aliphatic heterocycles. The van der Waals surface area contributed by atoms with E-state index in [1.807, 2.05) is 12.1 Å². The minimum atomic E-state index is 0.0661. The lowest BCUT2D eigenvalue weighted by atomic mass is 10.1. The van der Waals surface area contributed by atoms with Crippen LogP contribution in [0.2, 0.25) is 10.0 Å². The van der Waals surface area contributed by atoms with Crippen molar-refractivity contribution in [3.05, 3.63) is 33.8 Å². The Hall–Kier alpha value is -0.320. The molecule has 1 aromatic rings. The third-order valence-electron chi connectivity index (χ3n) is 2.97. The monoisotopic (exact) mass is 290 g/mol. The molecule has 0 amide bonds. The lowest BCUT2D eigenvalue weighted by Gasteiger charge is -2.30. The highest BCUT2D eigenvalue weighted by Crippen LogP contribution is 2.29. The molecule has 0 aromatic heterocycles. The molecule has 0 saturated heterocycles. The summed E-state index contributed by atoms with van der Waals surface area (Å²) in [5.41, 5.74) is 6.86. The van der Waals surface area contributed by atoms with Crippen molar-refractivity contribution in [1.29, 1.82) is 0 Å². The fourth-order valence-corrected chi connectivity index (χ4v) is 2.41. The first-order chi connectivity index (χ1) is 8.63. The van der Waals surface area contributed by atoms with Gasteiger partial charge < -0.3 is 10.5 Å². The highest BCUT2D eigenvalue weighted by Gasteiger charge is 2.20. The van der Waals surface area contributed by atoms with Gasteiger partial charge in [0.05, 0.1) is 6.61 Å². The Morgan fingerprint density at radius 2 is 2.11 bits per heavy atom. The van der Waals surface area contributed by atoms with Gasteiger partial charge >= 0.3 is 0 Å². The fraction of sp³-hybridized carbons (Fsp3) is 0.538. The van der Waals surface area contributed by atoms with Gasteiger partial charge in [0.1, 0.15) is 0 Å². The number of hydrogen-bond acceptors (Lipinski definition) is 3. The molecule has 1 atom stereocenters. The van der Waals surface area contributed by atoms with E-state index in [4.69, 9.17) is 33.7 Å². The van der Waals surface area contributed by atoms with Gasteiger partial charge in [-0.15, -0.1) is 0 Å². The van der Waals surface area contributed by atoms with E-state index in [0.29, 0.717) is 23.2 Å². The molecule has 0 aliphatic carbocycles. The number of halogens is 2. The number of nitrogens with two attached hydrogens (primary N) is 1. The fourth-order valence-electron chi connectivity index (χ4n) is 1.99. The van der Waals surface area contributed by atoms with Crippen LogP contribution in [-0.4, -0.2) is 38.3 Å². The molecule has 1 aromatic carbocycles. The smallest absolute Gasteiger partial charge is 0.0589 e. The summed E-state index contributed by atoms with van der Waals surface area (Å²) in [7, 11) is 1.69. The number of nitrogens with zero attached hydrogens (tertiary/aromatic N) is 1. The molecule has 0 aliphatic rings. The van der Waals surface area contributed by atoms with Crippen LogP contribution in [-0.2, 0) is 4.74 Å². The van der Waals surface area contributed by atoms with Crippen LogP contribution in [0.15, 0.2) is 18.2 Å². The summed E-state index contributed by atoms with van der Waals surface area (Å²) < 4.78 is 5.12. The quantitative estimate of drug-likeness (QED) is 0.839. The predicted molar refractivity (Wildman–Crippen MR) is 77.4 cm³/mol. The van der Waals surface area contributed by atoms with E-state index in [9.17, 15) is 0 Å². The van der Waals surface area contributed by atoms with E-state index in [2.05, 4.69) is 11.8 Å². The van der Waals surface area contributed by atoms with Crippen molar-refractivity contribution in [3.8, 4) is 0 Å². The van der Waals surface area contributed by atoms with Crippen LogP contribution in [0.25, 0.3) is 0 Å². The number of methoxy groups -OCH3 is 1. The molecule has 0 heterocycles. The van der Waals surface area contributed by atoms with Gasteiger partial charge in [0.15, 0.2) is 0 Å². The van der Waals surface area contributed by atoms with Crippen molar-refractivity contribution in [3.63, 3.8) is 0 Å². The summed E-state index contributed by atoms with van der Waals surface area (Å²) in [5, 5.41) is 1.38. The minimum absolute atomic E-state index is 0.0661. The number of rotatable bonds is 7. The molecule has 0 spiro atoms. The maximum absolute atomic E-state index is 6.23. The first-order valence-corrected chi connectivity index (χ1v) is 6.77. The van der Waals surface area contributed by atoms with Crippen LogP contribution in [0, 0.1) is 0 Å². The molecule has 0 bridgehead atoms. The molecule has 3 nitrogen and oxygen atoms in total. The standard InChI is InChI=1S/C13H20Cl2N2O/c1-3-17(6-7-18-2)13(9-16)11-8-10(14)4-5-12(11)15/h4-5,8,13H,3,6-7,9,16H2,1-2H3. The molecule has 102 valence electrons. The first kappa shape index (κ1) is 15.7. The van der Waals surface area contributed by atoms with Gasteiger partial charge in [0, 0.05) is 36.3 Å². The van der Waals surface area contributed by atoms with Crippen LogP contribution in [0.5, 0.6) is 0 Å². The largest absolute Gasteiger partial charge is 0.383 e. The Labute approximate surface area is 119 Å². The van der Waals surface area contributed by atoms with Gasteiger partial charge in [-0.2, -0.15) is 0 Å². The molecular formula is C13H20Cl2N2O. The van der Waals surface area contributed by atoms with Crippen molar-refractivity contribution in [2.45, 2.75) is 13.0 Å². The molecule has 18 heavy (non-hydrogen) atoms. The lowest BCUT2D eigenvalue weighted by molar-refractivity contribution is 0.126. The van der Waals surface area contributed by atoms with Gasteiger partial charge in [-0.05, 0) is 30.3 Å². The van der Waals surface area contributed by atoms with E-state index < -0.39 is 0 Å². The third-order valence-corrected chi connectivity index (χ3v) is 3.55. The Balaban J connectivity index is 2.95. The summed E-state index contributed by atoms with van der Waals surface area (Å²) in [6.07, 6.45) is 0. The Kier molecular flexibility index (Phi) is 6.97. The number of likely N-dealkylation sites (N-methyl/N-ethyl adjacent to an activating group) is 1. The van der Waals surface area contributed by atoms with E-state index in [0.717, 1.165) is 18.7 Å². The van der Waals surface area contributed by atoms with Gasteiger partial charge in [0.2, 0.25) is 0 Å². The first-order valence-electron chi connectivity index (χ1n) is 6.02. The molecule has 2 N–H and O–H groups in total. The van der Waals surface area contributed by atoms with Crippen molar-refractivity contribution < 1.29 is 4.74 Å². The van der Waals surface area contributed by atoms with Crippen LogP contribution in [0.3, 0.4) is 0 Å². The average molecular weight is 291 g/mol. The molecule has 5 heteroatoms. The summed E-state index contributed by atoms with van der Waals surface area (Å²) in [6.45, 7) is 4.96. The molecule has 1 rings (SSSR count). The molecule has 0 saturated carbocycles. The molecule has 0 fully saturated rings. The topological polar surface area (TPSA) is 38.5 Å². The van der Waals surface area contributed by atoms with Gasteiger partial charge in [-0.25, -0.2) is 0 Å². The zero-order valence-electron chi connectivity index (χ0n) is 10.8. The van der Waals surface area contributed by atoms with Crippen molar-refractivity contribution in [1.82, 2.24) is 4.90 Å². The van der Waals surface area contributed by atoms with Crippen molar-refractivity contribution in [2.75, 3.05) is 33.4 Å². The SMILES string of the molecule is CCN(CCOC)C(CN)c1cc(Cl)ccc1Cl. The average Bonchev–Trinajstić information content (AvgIpc) is 2.38. The zero-order chi connectivity index (χ0) is 13.5. The third kappa shape index (κ3) is 4.11. The minimum Gasteiger partial charge on any atom is -0.383 e. The lowest BCUT2D eigenvalue weighted by Crippen LogP contribution is -2.36. The van der Waals surface area contributed by atoms with Crippen molar-refractivity contribution in [2.24, 2.45) is 5.73 Å². The zero-order valence-corrected chi connectivity index (χ0v) is 12.3. The van der Waals surface area contributed by atoms with Crippen LogP contribution < -0.4 is 5.73 Å². The number of benzene rings is 1. The highest BCUT2D eigenvalue weighted by molar-refractivity contribution is 6.33. The van der Waals surface area contributed by atoms with Crippen LogP contribution in [0.4, 0.5) is 0 Å². The summed E-state index contributed by atoms with van der Waals surface area (Å²) in [4.78, 5) is 2.24. The molecule has 0 radical (unpaired) electrons. The predicted octanol–water partition coefficient (Wildman–Crippen LogP) is 2.96. The van der Waals surface area contributed by atoms with E-state index in [1.165, 1.54) is 0 Å². The highest BCUT2D eigenvalue weighted by atomic mass is 35.5. The maximum Gasteiger partial charge on any atom is 0.0589 e. The summed E-state index contributed by atoms with van der Waals surface area (Å²) >= 11 is 12.3. The van der Waals surface area contributed by atoms with E-state index >= 15 is 0 Å². The molecular weight excluding hydrogens is 271 g/mol. The number of hydrogen-bond donors (Lipinski definition) is 1. The number of ether oxygens (including phenoxy) is 1.